The minimum Gasteiger partial charge on any atom is -0.447 e. The van der Waals surface area contributed by atoms with Gasteiger partial charge in [0.2, 0.25) is 0 Å². The van der Waals surface area contributed by atoms with Gasteiger partial charge in [0.15, 0.2) is 6.10 Å². The van der Waals surface area contributed by atoms with Gasteiger partial charge in [-0.2, -0.15) is 0 Å². The topological polar surface area (TPSA) is 55.4 Å². The second-order valence-electron chi connectivity index (χ2n) is 10.3. The summed E-state index contributed by atoms with van der Waals surface area (Å²) >= 11 is 7.22. The molecule has 230 valence electrons. The summed E-state index contributed by atoms with van der Waals surface area (Å²) in [6, 6.07) is 39.6. The first-order valence-corrected chi connectivity index (χ1v) is 16.3. The van der Waals surface area contributed by atoms with Crippen molar-refractivity contribution >= 4 is 29.2 Å². The minimum atomic E-state index is -0.606. The van der Waals surface area contributed by atoms with E-state index in [2.05, 4.69) is 6.92 Å². The molecule has 5 rings (SSSR count). The van der Waals surface area contributed by atoms with Gasteiger partial charge in [-0.25, -0.2) is 0 Å². The third kappa shape index (κ3) is 9.63. The van der Waals surface area contributed by atoms with E-state index in [0.29, 0.717) is 32.2 Å². The Balaban J connectivity index is 1.41. The lowest BCUT2D eigenvalue weighted by molar-refractivity contribution is -0.241. The molecule has 1 fully saturated rings. The number of thiocarbonyl (C=S) groups is 1. The number of para-hydroxylation sites is 1. The molecule has 0 aromatic heterocycles. The van der Waals surface area contributed by atoms with Crippen molar-refractivity contribution in [3.63, 3.8) is 0 Å². The molecule has 4 aromatic rings. The molecule has 0 N–H and O–H groups in total. The van der Waals surface area contributed by atoms with Crippen LogP contribution < -0.4 is 4.74 Å². The van der Waals surface area contributed by atoms with E-state index in [4.69, 9.17) is 40.6 Å². The van der Waals surface area contributed by atoms with Crippen LogP contribution in [0.5, 0.6) is 5.75 Å². The van der Waals surface area contributed by atoms with Crippen LogP contribution in [0.4, 0.5) is 0 Å². The first kappa shape index (κ1) is 32.2. The van der Waals surface area contributed by atoms with Crippen LogP contribution in [0, 0.1) is 0 Å². The molecule has 1 aliphatic heterocycles. The molecule has 4 aromatic carbocycles. The first-order chi connectivity index (χ1) is 21.7. The Morgan fingerprint density at radius 3 is 1.70 bits per heavy atom. The zero-order valence-corrected chi connectivity index (χ0v) is 26.4. The Kier molecular flexibility index (Phi) is 12.6. The molecule has 44 heavy (non-hydrogen) atoms. The molecule has 0 spiro atoms. The largest absolute Gasteiger partial charge is 0.447 e. The molecule has 0 amide bonds. The van der Waals surface area contributed by atoms with E-state index in [1.54, 1.807) is 11.8 Å². The van der Waals surface area contributed by atoms with Crippen LogP contribution in [-0.4, -0.2) is 47.4 Å². The number of ether oxygens (including phenoxy) is 6. The van der Waals surface area contributed by atoms with Crippen molar-refractivity contribution in [2.75, 3.05) is 12.4 Å². The van der Waals surface area contributed by atoms with Crippen LogP contribution in [-0.2, 0) is 43.5 Å². The monoisotopic (exact) mass is 630 g/mol. The van der Waals surface area contributed by atoms with Crippen molar-refractivity contribution in [1.29, 1.82) is 0 Å². The Morgan fingerprint density at radius 2 is 1.16 bits per heavy atom. The molecule has 6 nitrogen and oxygen atoms in total. The van der Waals surface area contributed by atoms with Gasteiger partial charge < -0.3 is 28.4 Å². The van der Waals surface area contributed by atoms with Gasteiger partial charge in [-0.05, 0) is 34.6 Å². The van der Waals surface area contributed by atoms with Crippen molar-refractivity contribution in [3.8, 4) is 5.75 Å². The average molecular weight is 631 g/mol. The number of benzene rings is 4. The lowest BCUT2D eigenvalue weighted by atomic mass is 9.99. The Bertz CT molecular complexity index is 1380. The van der Waals surface area contributed by atoms with Crippen molar-refractivity contribution in [3.05, 3.63) is 138 Å². The number of rotatable bonds is 14. The number of hydrogen-bond donors (Lipinski definition) is 0. The van der Waals surface area contributed by atoms with E-state index >= 15 is 0 Å². The van der Waals surface area contributed by atoms with Gasteiger partial charge in [0.25, 0.3) is 0 Å². The highest BCUT2D eigenvalue weighted by Crippen LogP contribution is 2.35. The summed E-state index contributed by atoms with van der Waals surface area (Å²) in [6.07, 6.45) is -2.09. The summed E-state index contributed by atoms with van der Waals surface area (Å²) < 4.78 is 38.5. The Labute approximate surface area is 269 Å². The predicted octanol–water partition coefficient (Wildman–Crippen LogP) is 7.60. The quantitative estimate of drug-likeness (QED) is 0.132. The molecular weight excluding hydrogens is 593 g/mol. The van der Waals surface area contributed by atoms with Gasteiger partial charge >= 0.3 is 5.24 Å². The van der Waals surface area contributed by atoms with Crippen LogP contribution in [0.3, 0.4) is 0 Å². The Hall–Kier alpha value is -3.24. The van der Waals surface area contributed by atoms with E-state index in [1.807, 2.05) is 121 Å². The zero-order valence-electron chi connectivity index (χ0n) is 24.7. The highest BCUT2D eigenvalue weighted by molar-refractivity contribution is 7.99. The summed E-state index contributed by atoms with van der Waals surface area (Å²) in [5.74, 6) is 1.40. The molecule has 1 saturated heterocycles. The minimum absolute atomic E-state index is 0.000371. The maximum absolute atomic E-state index is 6.70. The average Bonchev–Trinajstić information content (AvgIpc) is 3.06. The van der Waals surface area contributed by atoms with Crippen LogP contribution in [0.25, 0.3) is 0 Å². The van der Waals surface area contributed by atoms with Crippen LogP contribution in [0.1, 0.15) is 23.6 Å². The molecule has 8 heteroatoms. The van der Waals surface area contributed by atoms with Crippen molar-refractivity contribution in [2.24, 2.45) is 0 Å². The standard InChI is InChI=1S/C36H38O6S2/c1-2-44-35-34(42-36(43)40-30-21-13-6-14-22-30)33(39-25-29-19-11-5-12-20-29)32(38-24-28-17-9-4-10-18-28)31(41-35)26-37-23-27-15-7-3-8-16-27/h3-22,31-35H,2,23-26H2,1H3/t31-,32-,33+,34+,35-/m1/s1. The van der Waals surface area contributed by atoms with Crippen molar-refractivity contribution in [2.45, 2.75) is 56.6 Å². The summed E-state index contributed by atoms with van der Waals surface area (Å²) in [7, 11) is 0. The Morgan fingerprint density at radius 1 is 0.659 bits per heavy atom. The predicted molar refractivity (Wildman–Crippen MR) is 177 cm³/mol. The maximum Gasteiger partial charge on any atom is 0.358 e. The second-order valence-corrected chi connectivity index (χ2v) is 12.0. The summed E-state index contributed by atoms with van der Waals surface area (Å²) in [5, 5.41) is 0.000371. The van der Waals surface area contributed by atoms with Gasteiger partial charge in [-0.3, -0.25) is 0 Å². The van der Waals surface area contributed by atoms with Gasteiger partial charge in [0, 0.05) is 12.2 Å². The zero-order chi connectivity index (χ0) is 30.4. The highest BCUT2D eigenvalue weighted by Gasteiger charge is 2.49. The molecule has 5 atom stereocenters. The smallest absolute Gasteiger partial charge is 0.358 e. The lowest BCUT2D eigenvalue weighted by Gasteiger charge is -2.45. The molecule has 0 unspecified atom stereocenters. The van der Waals surface area contributed by atoms with Gasteiger partial charge in [-0.1, -0.05) is 116 Å². The molecule has 0 saturated carbocycles. The van der Waals surface area contributed by atoms with Crippen LogP contribution in [0.2, 0.25) is 0 Å². The summed E-state index contributed by atoms with van der Waals surface area (Å²) in [6.45, 7) is 3.60. The van der Waals surface area contributed by atoms with Crippen LogP contribution >= 0.6 is 24.0 Å². The second kappa shape index (κ2) is 17.3. The molecular formula is C36H38O6S2. The maximum atomic E-state index is 6.70. The molecule has 0 bridgehead atoms. The fourth-order valence-corrected chi connectivity index (χ4v) is 6.11. The van der Waals surface area contributed by atoms with Gasteiger partial charge in [0.1, 0.15) is 29.5 Å². The fraction of sp³-hybridized carbons (Fsp3) is 0.306. The van der Waals surface area contributed by atoms with Gasteiger partial charge in [0.05, 0.1) is 26.4 Å². The van der Waals surface area contributed by atoms with E-state index < -0.39 is 29.9 Å². The first-order valence-electron chi connectivity index (χ1n) is 14.8. The van der Waals surface area contributed by atoms with E-state index in [9.17, 15) is 0 Å². The molecule has 0 radical (unpaired) electrons. The highest BCUT2D eigenvalue weighted by atomic mass is 32.2. The lowest BCUT2D eigenvalue weighted by Crippen LogP contribution is -2.61. The normalized spacial score (nSPS) is 21.4. The summed E-state index contributed by atoms with van der Waals surface area (Å²) in [5.41, 5.74) is 2.77. The van der Waals surface area contributed by atoms with E-state index in [-0.39, 0.29) is 5.24 Å². The third-order valence-electron chi connectivity index (χ3n) is 7.06. The SMILES string of the molecule is CCS[C@H]1O[C@H](COCc2ccccc2)[C@@H](OCc2ccccc2)[C@H](OCc2ccccc2)[C@@H]1OC(=S)Oc1ccccc1. The van der Waals surface area contributed by atoms with E-state index in [1.165, 1.54) is 0 Å². The third-order valence-corrected chi connectivity index (χ3v) is 8.28. The fourth-order valence-electron chi connectivity index (χ4n) is 4.95. The van der Waals surface area contributed by atoms with Crippen molar-refractivity contribution in [1.82, 2.24) is 0 Å². The van der Waals surface area contributed by atoms with Crippen molar-refractivity contribution < 1.29 is 28.4 Å². The van der Waals surface area contributed by atoms with E-state index in [0.717, 1.165) is 22.4 Å². The number of hydrogen-bond acceptors (Lipinski definition) is 8. The van der Waals surface area contributed by atoms with Crippen LogP contribution in [0.15, 0.2) is 121 Å². The molecule has 1 heterocycles. The molecule has 1 aliphatic rings. The summed E-state index contributed by atoms with van der Waals surface area (Å²) in [4.78, 5) is 0. The molecule has 0 aliphatic carbocycles. The van der Waals surface area contributed by atoms with Gasteiger partial charge in [-0.15, -0.1) is 11.8 Å². The number of thioether (sulfide) groups is 1.